The Morgan fingerprint density at radius 1 is 1.33 bits per heavy atom. The van der Waals surface area contributed by atoms with E-state index in [-0.39, 0.29) is 24.4 Å². The fourth-order valence-electron chi connectivity index (χ4n) is 1.87. The number of piperazine rings is 1. The molecule has 6 nitrogen and oxygen atoms in total. The summed E-state index contributed by atoms with van der Waals surface area (Å²) in [5.41, 5.74) is 0. The molecule has 1 fully saturated rings. The van der Waals surface area contributed by atoms with Crippen molar-refractivity contribution in [2.45, 2.75) is 25.8 Å². The number of hydrogen-bond acceptors (Lipinski definition) is 4. The van der Waals surface area contributed by atoms with Crippen LogP contribution in [-0.4, -0.2) is 62.8 Å². The zero-order valence-electron chi connectivity index (χ0n) is 11.1. The van der Waals surface area contributed by atoms with E-state index in [0.29, 0.717) is 32.8 Å². The first-order valence-corrected chi connectivity index (χ1v) is 6.33. The third-order valence-corrected chi connectivity index (χ3v) is 2.79. The zero-order chi connectivity index (χ0) is 13.4. The second kappa shape index (κ2) is 8.05. The smallest absolute Gasteiger partial charge is 0.245 e. The fourth-order valence-corrected chi connectivity index (χ4v) is 1.87. The van der Waals surface area contributed by atoms with Crippen LogP contribution >= 0.6 is 0 Å². The van der Waals surface area contributed by atoms with Gasteiger partial charge < -0.3 is 19.7 Å². The number of nitrogens with zero attached hydrogens (tertiary/aromatic N) is 1. The van der Waals surface area contributed by atoms with Gasteiger partial charge in [-0.1, -0.05) is 13.3 Å². The van der Waals surface area contributed by atoms with E-state index in [1.165, 1.54) is 0 Å². The molecule has 0 bridgehead atoms. The van der Waals surface area contributed by atoms with Crippen LogP contribution in [0, 0.1) is 0 Å². The predicted octanol–water partition coefficient (Wildman–Crippen LogP) is -0.223. The molecule has 2 amide bonds. The van der Waals surface area contributed by atoms with Gasteiger partial charge in [0.25, 0.3) is 0 Å². The maximum atomic E-state index is 12.0. The van der Waals surface area contributed by atoms with Crippen LogP contribution in [0.2, 0.25) is 0 Å². The van der Waals surface area contributed by atoms with Gasteiger partial charge in [0.05, 0.1) is 26.4 Å². The van der Waals surface area contributed by atoms with Gasteiger partial charge in [-0.2, -0.15) is 0 Å². The molecule has 1 rings (SSSR count). The summed E-state index contributed by atoms with van der Waals surface area (Å²) in [7, 11) is 1.61. The highest BCUT2D eigenvalue weighted by Gasteiger charge is 2.31. The lowest BCUT2D eigenvalue weighted by molar-refractivity contribution is -0.145. The highest BCUT2D eigenvalue weighted by atomic mass is 16.5. The Morgan fingerprint density at radius 3 is 2.78 bits per heavy atom. The molecule has 1 saturated heterocycles. The van der Waals surface area contributed by atoms with E-state index in [4.69, 9.17) is 9.47 Å². The van der Waals surface area contributed by atoms with Crippen molar-refractivity contribution >= 4 is 11.8 Å². The summed E-state index contributed by atoms with van der Waals surface area (Å²) in [6.45, 7) is 4.05. The summed E-state index contributed by atoms with van der Waals surface area (Å²) in [5.74, 6) is -0.100. The molecule has 1 aliphatic rings. The Morgan fingerprint density at radius 2 is 2.11 bits per heavy atom. The monoisotopic (exact) mass is 258 g/mol. The Bertz CT molecular complexity index is 283. The Balaban J connectivity index is 2.34. The molecule has 1 heterocycles. The number of carbonyl (C=O) groups excluding carboxylic acids is 2. The molecule has 0 aliphatic carbocycles. The predicted molar refractivity (Wildman–Crippen MR) is 66.1 cm³/mol. The van der Waals surface area contributed by atoms with Crippen LogP contribution in [0.25, 0.3) is 0 Å². The molecule has 0 aromatic heterocycles. The van der Waals surface area contributed by atoms with Crippen LogP contribution in [0.5, 0.6) is 0 Å². The number of methoxy groups -OCH3 is 1. The zero-order valence-corrected chi connectivity index (χ0v) is 11.1. The molecule has 0 saturated carbocycles. The fraction of sp³-hybridized carbons (Fsp3) is 0.833. The highest BCUT2D eigenvalue weighted by molar-refractivity contribution is 5.94. The van der Waals surface area contributed by atoms with Gasteiger partial charge in [0.2, 0.25) is 11.8 Å². The lowest BCUT2D eigenvalue weighted by Gasteiger charge is -2.32. The highest BCUT2D eigenvalue weighted by Crippen LogP contribution is 2.07. The first kappa shape index (κ1) is 14.9. The van der Waals surface area contributed by atoms with Crippen molar-refractivity contribution in [1.82, 2.24) is 10.2 Å². The van der Waals surface area contributed by atoms with Gasteiger partial charge in [-0.25, -0.2) is 0 Å². The summed E-state index contributed by atoms with van der Waals surface area (Å²) >= 11 is 0. The maximum absolute atomic E-state index is 12.0. The molecule has 6 heteroatoms. The van der Waals surface area contributed by atoms with Crippen molar-refractivity contribution < 1.29 is 19.1 Å². The number of amides is 2. The molecule has 0 spiro atoms. The van der Waals surface area contributed by atoms with Crippen molar-refractivity contribution in [3.05, 3.63) is 0 Å². The molecule has 18 heavy (non-hydrogen) atoms. The number of nitrogens with one attached hydrogen (secondary N) is 1. The van der Waals surface area contributed by atoms with Gasteiger partial charge in [0.1, 0.15) is 6.04 Å². The maximum Gasteiger partial charge on any atom is 0.245 e. The lowest BCUT2D eigenvalue weighted by Crippen LogP contribution is -2.58. The Hall–Kier alpha value is -1.14. The molecule has 0 aromatic carbocycles. The van der Waals surface area contributed by atoms with E-state index < -0.39 is 0 Å². The largest absolute Gasteiger partial charge is 0.382 e. The molecule has 0 aromatic rings. The van der Waals surface area contributed by atoms with Crippen LogP contribution in [0.3, 0.4) is 0 Å². The SMILES string of the molecule is CCCC1NC(=O)CN(CCOCCOC)C1=O. The van der Waals surface area contributed by atoms with Crippen molar-refractivity contribution in [3.63, 3.8) is 0 Å². The summed E-state index contributed by atoms with van der Waals surface area (Å²) in [5, 5.41) is 2.72. The van der Waals surface area contributed by atoms with Gasteiger partial charge in [-0.3, -0.25) is 9.59 Å². The van der Waals surface area contributed by atoms with Crippen LogP contribution < -0.4 is 5.32 Å². The molecule has 0 radical (unpaired) electrons. The van der Waals surface area contributed by atoms with Gasteiger partial charge in [0.15, 0.2) is 0 Å². The summed E-state index contributed by atoms with van der Waals surface area (Å²) in [6.07, 6.45) is 1.56. The van der Waals surface area contributed by atoms with Crippen LogP contribution in [-0.2, 0) is 19.1 Å². The molecule has 1 aliphatic heterocycles. The quantitative estimate of drug-likeness (QED) is 0.611. The molecule has 1 unspecified atom stereocenters. The third-order valence-electron chi connectivity index (χ3n) is 2.79. The third kappa shape index (κ3) is 4.62. The summed E-state index contributed by atoms with van der Waals surface area (Å²) in [6, 6.07) is -0.366. The minimum absolute atomic E-state index is 0.00760. The van der Waals surface area contributed by atoms with E-state index in [9.17, 15) is 9.59 Å². The first-order valence-electron chi connectivity index (χ1n) is 6.33. The number of carbonyl (C=O) groups is 2. The van der Waals surface area contributed by atoms with Crippen LogP contribution in [0.1, 0.15) is 19.8 Å². The Kier molecular flexibility index (Phi) is 6.67. The number of hydrogen-bond donors (Lipinski definition) is 1. The van der Waals surface area contributed by atoms with E-state index >= 15 is 0 Å². The van der Waals surface area contributed by atoms with Crippen molar-refractivity contribution in [2.75, 3.05) is 40.0 Å². The van der Waals surface area contributed by atoms with E-state index in [1.54, 1.807) is 12.0 Å². The normalized spacial score (nSPS) is 20.1. The molecule has 1 N–H and O–H groups in total. The van der Waals surface area contributed by atoms with Crippen LogP contribution in [0.4, 0.5) is 0 Å². The summed E-state index contributed by atoms with van der Waals surface area (Å²) < 4.78 is 10.2. The molecule has 104 valence electrons. The van der Waals surface area contributed by atoms with Gasteiger partial charge in [-0.05, 0) is 6.42 Å². The molecule has 1 atom stereocenters. The minimum Gasteiger partial charge on any atom is -0.382 e. The van der Waals surface area contributed by atoms with Gasteiger partial charge >= 0.3 is 0 Å². The second-order valence-corrected chi connectivity index (χ2v) is 4.27. The topological polar surface area (TPSA) is 67.9 Å². The van der Waals surface area contributed by atoms with Crippen LogP contribution in [0.15, 0.2) is 0 Å². The van der Waals surface area contributed by atoms with Crippen molar-refractivity contribution in [1.29, 1.82) is 0 Å². The van der Waals surface area contributed by atoms with E-state index in [2.05, 4.69) is 5.32 Å². The van der Waals surface area contributed by atoms with E-state index in [1.807, 2.05) is 6.92 Å². The second-order valence-electron chi connectivity index (χ2n) is 4.27. The number of ether oxygens (including phenoxy) is 2. The summed E-state index contributed by atoms with van der Waals surface area (Å²) in [4.78, 5) is 25.0. The van der Waals surface area contributed by atoms with Crippen molar-refractivity contribution in [3.8, 4) is 0 Å². The molecular weight excluding hydrogens is 236 g/mol. The van der Waals surface area contributed by atoms with E-state index in [0.717, 1.165) is 6.42 Å². The van der Waals surface area contributed by atoms with Gasteiger partial charge in [0, 0.05) is 13.7 Å². The average Bonchev–Trinajstić information content (AvgIpc) is 2.34. The minimum atomic E-state index is -0.366. The van der Waals surface area contributed by atoms with Crippen molar-refractivity contribution in [2.24, 2.45) is 0 Å². The number of rotatable bonds is 8. The first-order chi connectivity index (χ1) is 8.69. The van der Waals surface area contributed by atoms with Gasteiger partial charge in [-0.15, -0.1) is 0 Å². The molecular formula is C12H22N2O4. The standard InChI is InChI=1S/C12H22N2O4/c1-3-4-10-12(16)14(9-11(15)13-10)5-6-18-8-7-17-2/h10H,3-9H2,1-2H3,(H,13,15). The average molecular weight is 258 g/mol. The Labute approximate surface area is 108 Å². The lowest BCUT2D eigenvalue weighted by atomic mass is 10.1.